The van der Waals surface area contributed by atoms with Gasteiger partial charge in [0.15, 0.2) is 0 Å². The number of carbonyl (C=O) groups excluding carboxylic acids is 3. The highest BCUT2D eigenvalue weighted by Gasteiger charge is 2.15. The van der Waals surface area contributed by atoms with E-state index in [1.165, 1.54) is 0 Å². The summed E-state index contributed by atoms with van der Waals surface area (Å²) in [6.45, 7) is 3.27. The Balaban J connectivity index is 1.86. The predicted molar refractivity (Wildman–Crippen MR) is 104 cm³/mol. The molecule has 0 saturated heterocycles. The number of halogens is 1. The number of carbonyl (C=O) groups is 3. The van der Waals surface area contributed by atoms with Crippen LogP contribution in [0.25, 0.3) is 0 Å². The fourth-order valence-electron chi connectivity index (χ4n) is 2.01. The quantitative estimate of drug-likeness (QED) is 0.415. The van der Waals surface area contributed by atoms with E-state index in [1.807, 2.05) is 0 Å². The molecular formula is C18H18ClN5O3. The molecule has 0 atom stereocenters. The smallest absolute Gasteiger partial charge is 0.317 e. The number of hydrogen-bond donors (Lipinski definition) is 3. The average molecular weight is 388 g/mol. The lowest BCUT2D eigenvalue weighted by Crippen LogP contribution is -2.33. The molecule has 0 bridgehead atoms. The second kappa shape index (κ2) is 9.44. The fourth-order valence-corrected chi connectivity index (χ4v) is 2.19. The van der Waals surface area contributed by atoms with Gasteiger partial charge in [0, 0.05) is 22.6 Å². The molecule has 8 nitrogen and oxygen atoms in total. The van der Waals surface area contributed by atoms with Crippen molar-refractivity contribution >= 4 is 46.5 Å². The van der Waals surface area contributed by atoms with E-state index in [9.17, 15) is 14.4 Å². The Bertz CT molecular complexity index is 884. The van der Waals surface area contributed by atoms with Crippen molar-refractivity contribution in [2.75, 3.05) is 10.6 Å². The predicted octanol–water partition coefficient (Wildman–Crippen LogP) is 2.50. The standard InChI is InChI=1S/C18H18ClN5O3/c1-11(10-16(25)22-15-8-3-4-9-20-15)23-24-18(27)17(26)21-14-7-5-6-13(19)12(14)2/h3-9H,10H2,1-2H3,(H,21,26)(H,24,27)(H,20,22,25)/b23-11-. The summed E-state index contributed by atoms with van der Waals surface area (Å²) in [6.07, 6.45) is 1.49. The third-order valence-corrected chi connectivity index (χ3v) is 3.83. The van der Waals surface area contributed by atoms with E-state index in [0.29, 0.717) is 27.8 Å². The zero-order chi connectivity index (χ0) is 19.8. The molecule has 2 rings (SSSR count). The summed E-state index contributed by atoms with van der Waals surface area (Å²) < 4.78 is 0. The molecule has 0 radical (unpaired) electrons. The van der Waals surface area contributed by atoms with Gasteiger partial charge in [-0.25, -0.2) is 10.4 Å². The summed E-state index contributed by atoms with van der Waals surface area (Å²) in [5.74, 6) is -1.78. The van der Waals surface area contributed by atoms with Gasteiger partial charge in [-0.1, -0.05) is 23.7 Å². The van der Waals surface area contributed by atoms with Crippen LogP contribution < -0.4 is 16.1 Å². The molecule has 0 fully saturated rings. The van der Waals surface area contributed by atoms with Crippen LogP contribution in [0.3, 0.4) is 0 Å². The van der Waals surface area contributed by atoms with Gasteiger partial charge in [-0.15, -0.1) is 0 Å². The second-order valence-electron chi connectivity index (χ2n) is 5.59. The van der Waals surface area contributed by atoms with Crippen molar-refractivity contribution in [3.05, 3.63) is 53.2 Å². The molecule has 0 saturated carbocycles. The maximum atomic E-state index is 11.9. The van der Waals surface area contributed by atoms with E-state index in [4.69, 9.17) is 11.6 Å². The Morgan fingerprint density at radius 1 is 1.07 bits per heavy atom. The third-order valence-electron chi connectivity index (χ3n) is 3.42. The molecule has 1 aromatic carbocycles. The number of benzene rings is 1. The molecule has 2 aromatic rings. The average Bonchev–Trinajstić information content (AvgIpc) is 2.64. The minimum Gasteiger partial charge on any atom is -0.317 e. The molecule has 0 aliphatic rings. The van der Waals surface area contributed by atoms with Crippen molar-refractivity contribution in [3.8, 4) is 0 Å². The second-order valence-corrected chi connectivity index (χ2v) is 6.00. The van der Waals surface area contributed by atoms with Crippen LogP contribution in [0, 0.1) is 6.92 Å². The molecule has 1 aromatic heterocycles. The van der Waals surface area contributed by atoms with Crippen LogP contribution in [-0.2, 0) is 14.4 Å². The van der Waals surface area contributed by atoms with Gasteiger partial charge in [-0.2, -0.15) is 5.10 Å². The summed E-state index contributed by atoms with van der Waals surface area (Å²) in [7, 11) is 0. The SMILES string of the molecule is C/C(CC(=O)Nc1ccccn1)=N/NC(=O)C(=O)Nc1cccc(Cl)c1C. The third kappa shape index (κ3) is 6.19. The zero-order valence-electron chi connectivity index (χ0n) is 14.7. The van der Waals surface area contributed by atoms with Crippen molar-refractivity contribution in [1.29, 1.82) is 0 Å². The van der Waals surface area contributed by atoms with Gasteiger partial charge in [0.1, 0.15) is 5.82 Å². The van der Waals surface area contributed by atoms with E-state index in [-0.39, 0.29) is 12.3 Å². The molecule has 1 heterocycles. The van der Waals surface area contributed by atoms with Crippen LogP contribution in [0.2, 0.25) is 5.02 Å². The molecule has 0 unspecified atom stereocenters. The Kier molecular flexibility index (Phi) is 7.01. The summed E-state index contributed by atoms with van der Waals surface area (Å²) in [4.78, 5) is 39.6. The maximum absolute atomic E-state index is 11.9. The molecule has 27 heavy (non-hydrogen) atoms. The van der Waals surface area contributed by atoms with Crippen LogP contribution in [0.5, 0.6) is 0 Å². The maximum Gasteiger partial charge on any atom is 0.329 e. The lowest BCUT2D eigenvalue weighted by molar-refractivity contribution is -0.136. The number of pyridine rings is 1. The van der Waals surface area contributed by atoms with E-state index in [1.54, 1.807) is 56.4 Å². The highest BCUT2D eigenvalue weighted by Crippen LogP contribution is 2.22. The fraction of sp³-hybridized carbons (Fsp3) is 0.167. The number of nitrogens with one attached hydrogen (secondary N) is 3. The number of hydrazone groups is 1. The molecule has 0 spiro atoms. The minimum absolute atomic E-state index is 0.0636. The van der Waals surface area contributed by atoms with E-state index in [0.717, 1.165) is 0 Å². The van der Waals surface area contributed by atoms with Gasteiger partial charge >= 0.3 is 11.8 Å². The minimum atomic E-state index is -0.959. The molecule has 140 valence electrons. The summed E-state index contributed by atoms with van der Waals surface area (Å²) in [6, 6.07) is 10.1. The van der Waals surface area contributed by atoms with Crippen molar-refractivity contribution in [2.45, 2.75) is 20.3 Å². The van der Waals surface area contributed by atoms with Gasteiger partial charge in [-0.3, -0.25) is 14.4 Å². The first-order valence-corrected chi connectivity index (χ1v) is 8.35. The highest BCUT2D eigenvalue weighted by atomic mass is 35.5. The number of rotatable bonds is 5. The van der Waals surface area contributed by atoms with Gasteiger partial charge in [0.2, 0.25) is 5.91 Å². The zero-order valence-corrected chi connectivity index (χ0v) is 15.5. The molecule has 3 amide bonds. The lowest BCUT2D eigenvalue weighted by Gasteiger charge is -2.08. The van der Waals surface area contributed by atoms with Crippen LogP contribution in [0.4, 0.5) is 11.5 Å². The first kappa shape index (κ1) is 20.1. The first-order chi connectivity index (χ1) is 12.9. The Hall–Kier alpha value is -3.26. The Morgan fingerprint density at radius 2 is 1.85 bits per heavy atom. The number of nitrogens with zero attached hydrogens (tertiary/aromatic N) is 2. The summed E-state index contributed by atoms with van der Waals surface area (Å²) in [5, 5.41) is 9.28. The van der Waals surface area contributed by atoms with Gasteiger partial charge in [-0.05, 0) is 43.7 Å². The van der Waals surface area contributed by atoms with Crippen molar-refractivity contribution in [1.82, 2.24) is 10.4 Å². The van der Waals surface area contributed by atoms with Crippen molar-refractivity contribution < 1.29 is 14.4 Å². The molecular weight excluding hydrogens is 370 g/mol. The molecule has 3 N–H and O–H groups in total. The van der Waals surface area contributed by atoms with Crippen LogP contribution >= 0.6 is 11.6 Å². The van der Waals surface area contributed by atoms with Crippen molar-refractivity contribution in [3.63, 3.8) is 0 Å². The Labute approximate surface area is 161 Å². The number of hydrogen-bond acceptors (Lipinski definition) is 5. The van der Waals surface area contributed by atoms with E-state index >= 15 is 0 Å². The van der Waals surface area contributed by atoms with Gasteiger partial charge < -0.3 is 10.6 Å². The molecule has 0 aliphatic heterocycles. The topological polar surface area (TPSA) is 113 Å². The van der Waals surface area contributed by atoms with Crippen LogP contribution in [0.1, 0.15) is 18.9 Å². The molecule has 9 heteroatoms. The summed E-state index contributed by atoms with van der Waals surface area (Å²) >= 11 is 5.97. The normalized spacial score (nSPS) is 10.9. The van der Waals surface area contributed by atoms with Crippen LogP contribution in [-0.4, -0.2) is 28.4 Å². The monoisotopic (exact) mass is 387 g/mol. The lowest BCUT2D eigenvalue weighted by atomic mass is 10.2. The number of aromatic nitrogens is 1. The largest absolute Gasteiger partial charge is 0.329 e. The first-order valence-electron chi connectivity index (χ1n) is 7.97. The Morgan fingerprint density at radius 3 is 2.56 bits per heavy atom. The summed E-state index contributed by atoms with van der Waals surface area (Å²) in [5.41, 5.74) is 3.51. The van der Waals surface area contributed by atoms with Crippen LogP contribution in [0.15, 0.2) is 47.7 Å². The van der Waals surface area contributed by atoms with Gasteiger partial charge in [0.05, 0.1) is 6.42 Å². The van der Waals surface area contributed by atoms with E-state index in [2.05, 4.69) is 26.1 Å². The number of anilines is 2. The van der Waals surface area contributed by atoms with E-state index < -0.39 is 11.8 Å². The van der Waals surface area contributed by atoms with Gasteiger partial charge in [0.25, 0.3) is 0 Å². The number of amides is 3. The molecule has 0 aliphatic carbocycles. The highest BCUT2D eigenvalue weighted by molar-refractivity contribution is 6.40. The van der Waals surface area contributed by atoms with Crippen molar-refractivity contribution in [2.24, 2.45) is 5.10 Å².